The molecule has 2 aliphatic carbocycles. The van der Waals surface area contributed by atoms with Crippen molar-refractivity contribution in [1.82, 2.24) is 0 Å². The van der Waals surface area contributed by atoms with Gasteiger partial charge in [0.1, 0.15) is 5.82 Å². The average Bonchev–Trinajstić information content (AvgIpc) is 2.62. The fraction of sp³-hybridized carbons (Fsp3) is 0.650. The Kier molecular flexibility index (Phi) is 5.69. The zero-order valence-electron chi connectivity index (χ0n) is 13.9. The number of hydrogen-bond donors (Lipinski definition) is 1. The molecule has 0 spiro atoms. The third kappa shape index (κ3) is 4.33. The first-order valence-electron chi connectivity index (χ1n) is 9.30. The summed E-state index contributed by atoms with van der Waals surface area (Å²) in [6, 6.07) is 6.33. The number of rotatable bonds is 5. The largest absolute Gasteiger partial charge is 0.375 e. The molecule has 0 aromatic heterocycles. The predicted octanol–water partition coefficient (Wildman–Crippen LogP) is 5.34. The molecular formula is C20H28FNO. The monoisotopic (exact) mass is 317 g/mol. The Hall–Kier alpha value is -1.38. The van der Waals surface area contributed by atoms with Crippen LogP contribution in [0.4, 0.5) is 10.1 Å². The summed E-state index contributed by atoms with van der Waals surface area (Å²) >= 11 is 0. The van der Waals surface area contributed by atoms with Crippen molar-refractivity contribution in [1.29, 1.82) is 0 Å². The topological polar surface area (TPSA) is 29.1 Å². The molecule has 0 saturated heterocycles. The van der Waals surface area contributed by atoms with Gasteiger partial charge in [-0.3, -0.25) is 4.79 Å². The highest BCUT2D eigenvalue weighted by Gasteiger charge is 2.34. The van der Waals surface area contributed by atoms with Crippen LogP contribution in [0.15, 0.2) is 24.3 Å². The number of anilines is 1. The molecule has 0 radical (unpaired) electrons. The van der Waals surface area contributed by atoms with E-state index in [0.29, 0.717) is 11.7 Å². The third-order valence-corrected chi connectivity index (χ3v) is 5.60. The van der Waals surface area contributed by atoms with E-state index in [-0.39, 0.29) is 17.8 Å². The second-order valence-corrected chi connectivity index (χ2v) is 7.26. The van der Waals surface area contributed by atoms with Crippen molar-refractivity contribution in [3.05, 3.63) is 30.1 Å². The number of ketones is 1. The summed E-state index contributed by atoms with van der Waals surface area (Å²) in [4.78, 5) is 13.1. The van der Waals surface area contributed by atoms with Crippen molar-refractivity contribution in [2.45, 2.75) is 70.3 Å². The molecule has 1 N–H and O–H groups in total. The molecule has 0 aliphatic heterocycles. The molecule has 1 atom stereocenters. The van der Waals surface area contributed by atoms with Crippen molar-refractivity contribution in [2.24, 2.45) is 11.8 Å². The molecule has 126 valence electrons. The van der Waals surface area contributed by atoms with Gasteiger partial charge >= 0.3 is 0 Å². The summed E-state index contributed by atoms with van der Waals surface area (Å²) in [5.41, 5.74) is 0.867. The van der Waals surface area contributed by atoms with Gasteiger partial charge in [0, 0.05) is 11.6 Å². The quantitative estimate of drug-likeness (QED) is 0.794. The smallest absolute Gasteiger partial charge is 0.158 e. The number of Topliss-reactive ketones (excluding diaryl/α,β-unsaturated/α-hetero) is 1. The molecule has 1 aromatic carbocycles. The Morgan fingerprint density at radius 2 is 1.48 bits per heavy atom. The maximum Gasteiger partial charge on any atom is 0.158 e. The molecule has 3 heteroatoms. The van der Waals surface area contributed by atoms with Crippen LogP contribution < -0.4 is 5.32 Å². The fourth-order valence-electron chi connectivity index (χ4n) is 4.26. The lowest BCUT2D eigenvalue weighted by atomic mass is 9.76. The summed E-state index contributed by atoms with van der Waals surface area (Å²) < 4.78 is 13.1. The maximum atomic E-state index is 13.1. The van der Waals surface area contributed by atoms with Gasteiger partial charge in [-0.15, -0.1) is 0 Å². The summed E-state index contributed by atoms with van der Waals surface area (Å²) in [7, 11) is 0. The van der Waals surface area contributed by atoms with E-state index in [2.05, 4.69) is 5.32 Å². The summed E-state index contributed by atoms with van der Waals surface area (Å²) in [6.07, 6.45) is 11.7. The first-order chi connectivity index (χ1) is 11.2. The number of carbonyl (C=O) groups is 1. The minimum absolute atomic E-state index is 0.0936. The molecule has 2 saturated carbocycles. The molecule has 23 heavy (non-hydrogen) atoms. The first kappa shape index (κ1) is 16.5. The zero-order chi connectivity index (χ0) is 16.1. The lowest BCUT2D eigenvalue weighted by Gasteiger charge is -2.34. The van der Waals surface area contributed by atoms with Gasteiger partial charge in [-0.25, -0.2) is 4.39 Å². The SMILES string of the molecule is O=C(C1CCCCC1)[C@H](Nc1ccc(F)cc1)C1CCCCC1. The van der Waals surface area contributed by atoms with Crippen LogP contribution in [0.1, 0.15) is 64.2 Å². The number of halogens is 1. The summed E-state index contributed by atoms with van der Waals surface area (Å²) in [5, 5.41) is 3.46. The van der Waals surface area contributed by atoms with Gasteiger partial charge in [0.05, 0.1) is 6.04 Å². The van der Waals surface area contributed by atoms with Crippen LogP contribution in [0.25, 0.3) is 0 Å². The van der Waals surface area contributed by atoms with Crippen LogP contribution in [-0.4, -0.2) is 11.8 Å². The highest BCUT2D eigenvalue weighted by molar-refractivity contribution is 5.89. The molecule has 3 rings (SSSR count). The van der Waals surface area contributed by atoms with E-state index in [9.17, 15) is 9.18 Å². The maximum absolute atomic E-state index is 13.1. The molecule has 2 aliphatic rings. The van der Waals surface area contributed by atoms with Gasteiger partial charge in [-0.05, 0) is 55.9 Å². The van der Waals surface area contributed by atoms with Gasteiger partial charge in [0.15, 0.2) is 5.78 Å². The molecule has 0 amide bonds. The van der Waals surface area contributed by atoms with E-state index in [0.717, 1.165) is 31.4 Å². The van der Waals surface area contributed by atoms with Crippen molar-refractivity contribution < 1.29 is 9.18 Å². The fourth-order valence-corrected chi connectivity index (χ4v) is 4.26. The lowest BCUT2D eigenvalue weighted by Crippen LogP contribution is -2.42. The molecule has 0 unspecified atom stereocenters. The first-order valence-corrected chi connectivity index (χ1v) is 9.30. The molecule has 1 aromatic rings. The van der Waals surface area contributed by atoms with Crippen LogP contribution in [0.5, 0.6) is 0 Å². The Labute approximate surface area is 138 Å². The zero-order valence-corrected chi connectivity index (χ0v) is 13.9. The van der Waals surface area contributed by atoms with Gasteiger partial charge in [0.25, 0.3) is 0 Å². The lowest BCUT2D eigenvalue weighted by molar-refractivity contribution is -0.125. The highest BCUT2D eigenvalue weighted by atomic mass is 19.1. The predicted molar refractivity (Wildman–Crippen MR) is 92.0 cm³/mol. The Balaban J connectivity index is 1.74. The highest BCUT2D eigenvalue weighted by Crippen LogP contribution is 2.33. The van der Waals surface area contributed by atoms with E-state index < -0.39 is 0 Å². The number of carbonyl (C=O) groups excluding carboxylic acids is 1. The van der Waals surface area contributed by atoms with Gasteiger partial charge < -0.3 is 5.32 Å². The van der Waals surface area contributed by atoms with E-state index >= 15 is 0 Å². The molecule has 0 heterocycles. The summed E-state index contributed by atoms with van der Waals surface area (Å²) in [6.45, 7) is 0. The second-order valence-electron chi connectivity index (χ2n) is 7.26. The van der Waals surface area contributed by atoms with Gasteiger partial charge in [0.2, 0.25) is 0 Å². The standard InChI is InChI=1S/C20H28FNO/c21-17-11-13-18(14-12-17)22-19(15-7-3-1-4-8-15)20(23)16-9-5-2-6-10-16/h11-16,19,22H,1-10H2/t19-/m1/s1. The number of benzene rings is 1. The third-order valence-electron chi connectivity index (χ3n) is 5.60. The number of nitrogens with one attached hydrogen (secondary N) is 1. The summed E-state index contributed by atoms with van der Waals surface area (Å²) in [5.74, 6) is 0.830. The van der Waals surface area contributed by atoms with Crippen LogP contribution >= 0.6 is 0 Å². The molecule has 2 nitrogen and oxygen atoms in total. The van der Waals surface area contributed by atoms with Crippen LogP contribution in [0, 0.1) is 17.7 Å². The van der Waals surface area contributed by atoms with Crippen molar-refractivity contribution in [2.75, 3.05) is 5.32 Å². The van der Waals surface area contributed by atoms with Gasteiger partial charge in [-0.2, -0.15) is 0 Å². The second kappa shape index (κ2) is 7.94. The average molecular weight is 317 g/mol. The van der Waals surface area contributed by atoms with E-state index in [1.165, 1.54) is 50.7 Å². The molecule has 0 bridgehead atoms. The van der Waals surface area contributed by atoms with Crippen LogP contribution in [0.3, 0.4) is 0 Å². The van der Waals surface area contributed by atoms with Crippen LogP contribution in [0.2, 0.25) is 0 Å². The van der Waals surface area contributed by atoms with Crippen LogP contribution in [-0.2, 0) is 4.79 Å². The van der Waals surface area contributed by atoms with E-state index in [1.807, 2.05) is 0 Å². The van der Waals surface area contributed by atoms with Crippen molar-refractivity contribution >= 4 is 11.5 Å². The Morgan fingerprint density at radius 1 is 0.913 bits per heavy atom. The van der Waals surface area contributed by atoms with Crippen molar-refractivity contribution in [3.8, 4) is 0 Å². The Morgan fingerprint density at radius 3 is 2.09 bits per heavy atom. The number of hydrogen-bond acceptors (Lipinski definition) is 2. The molecular weight excluding hydrogens is 289 g/mol. The Bertz CT molecular complexity index is 501. The van der Waals surface area contributed by atoms with Crippen molar-refractivity contribution in [3.63, 3.8) is 0 Å². The van der Waals surface area contributed by atoms with Gasteiger partial charge in [-0.1, -0.05) is 38.5 Å². The minimum Gasteiger partial charge on any atom is -0.375 e. The van der Waals surface area contributed by atoms with E-state index in [1.54, 1.807) is 12.1 Å². The van der Waals surface area contributed by atoms with E-state index in [4.69, 9.17) is 0 Å². The molecule has 2 fully saturated rings. The minimum atomic E-state index is -0.233. The normalized spacial score (nSPS) is 21.8.